The van der Waals surface area contributed by atoms with Crippen molar-refractivity contribution in [2.24, 2.45) is 23.7 Å². The summed E-state index contributed by atoms with van der Waals surface area (Å²) in [5.74, 6) is -6.91. The average Bonchev–Trinajstić information content (AvgIpc) is 3.46. The van der Waals surface area contributed by atoms with Crippen LogP contribution < -0.4 is 19.3 Å². The summed E-state index contributed by atoms with van der Waals surface area (Å²) < 4.78 is 24.5. The van der Waals surface area contributed by atoms with E-state index >= 15 is 0 Å². The number of carbonyl (C=O) groups excluding carboxylic acids is 5. The first-order chi connectivity index (χ1) is 24.3. The molecule has 51 heavy (non-hydrogen) atoms. The molecule has 2 heterocycles. The second kappa shape index (κ2) is 12.3. The number of carbonyl (C=O) groups is 5. The van der Waals surface area contributed by atoms with E-state index in [-0.39, 0.29) is 41.6 Å². The Morgan fingerprint density at radius 2 is 1.47 bits per heavy atom. The number of Topliss-reactive ketones (excluding diaryl/α,β-unsaturated/α-hetero) is 1. The SMILES string of the molecule is COc1cc(C=CC2C3=CCC4C(=O)N(c5ccc(C(C)=O)cc5)C(=O)C4C3CC3(Cl)C(=O)N(c4ccc(F)cc4)C(=O)C23Cl)cc(OC)c1O. The summed E-state index contributed by atoms with van der Waals surface area (Å²) in [6.45, 7) is 1.41. The van der Waals surface area contributed by atoms with Crippen molar-refractivity contribution in [1.82, 2.24) is 0 Å². The number of phenolic OH excluding ortho intramolecular Hbond substituents is 1. The lowest BCUT2D eigenvalue weighted by atomic mass is 9.57. The van der Waals surface area contributed by atoms with Gasteiger partial charge in [-0.25, -0.2) is 9.29 Å². The van der Waals surface area contributed by atoms with E-state index < -0.39 is 62.9 Å². The van der Waals surface area contributed by atoms with Crippen LogP contribution in [0.25, 0.3) is 6.08 Å². The lowest BCUT2D eigenvalue weighted by Gasteiger charge is -2.49. The standard InChI is InChI=1S/C38H31Cl2FN2O8/c1-19(44)21-5-9-23(10-6-21)42-33(46)26-14-13-25-27(31(26)34(42)47)18-37(39)35(48)43(24-11-7-22(41)8-12-24)36(49)38(37,40)28(25)15-4-20-16-29(50-2)32(45)30(17-20)51-3/h4-13,15-17,26-28,31,45H,14,18H2,1-3H3. The maximum absolute atomic E-state index is 14.5. The van der Waals surface area contributed by atoms with E-state index in [1.54, 1.807) is 30.4 Å². The fourth-order valence-corrected chi connectivity index (χ4v) is 8.85. The highest BCUT2D eigenvalue weighted by Crippen LogP contribution is 2.63. The van der Waals surface area contributed by atoms with Crippen LogP contribution in [0, 0.1) is 29.5 Å². The number of amides is 4. The van der Waals surface area contributed by atoms with Gasteiger partial charge in [0.1, 0.15) is 5.82 Å². The van der Waals surface area contributed by atoms with Crippen LogP contribution in [0.2, 0.25) is 0 Å². The minimum Gasteiger partial charge on any atom is -0.502 e. The van der Waals surface area contributed by atoms with E-state index in [4.69, 9.17) is 32.7 Å². The van der Waals surface area contributed by atoms with Gasteiger partial charge in [-0.15, -0.1) is 23.2 Å². The predicted molar refractivity (Wildman–Crippen MR) is 187 cm³/mol. The molecule has 2 aliphatic carbocycles. The van der Waals surface area contributed by atoms with E-state index in [0.717, 1.165) is 21.9 Å². The number of aromatic hydroxyl groups is 1. The first-order valence-electron chi connectivity index (χ1n) is 16.1. The largest absolute Gasteiger partial charge is 0.502 e. The number of phenols is 1. The number of methoxy groups -OCH3 is 2. The molecule has 3 fully saturated rings. The lowest BCUT2D eigenvalue weighted by molar-refractivity contribution is -0.125. The maximum atomic E-state index is 14.5. The summed E-state index contributed by atoms with van der Waals surface area (Å²) >= 11 is 14.7. The first-order valence-corrected chi connectivity index (χ1v) is 16.9. The molecule has 0 radical (unpaired) electrons. The third kappa shape index (κ3) is 5.00. The van der Waals surface area contributed by atoms with Crippen LogP contribution in [0.4, 0.5) is 15.8 Å². The topological polar surface area (TPSA) is 131 Å². The fraction of sp³-hybridized carbons (Fsp3) is 0.289. The Morgan fingerprint density at radius 1 is 0.882 bits per heavy atom. The second-order valence-corrected chi connectivity index (χ2v) is 14.3. The average molecular weight is 734 g/mol. The van der Waals surface area contributed by atoms with E-state index in [9.17, 15) is 33.5 Å². The molecule has 13 heteroatoms. The van der Waals surface area contributed by atoms with Gasteiger partial charge in [0.2, 0.25) is 17.6 Å². The van der Waals surface area contributed by atoms with Crippen molar-refractivity contribution in [1.29, 1.82) is 0 Å². The number of ether oxygens (including phenoxy) is 2. The van der Waals surface area contributed by atoms with Gasteiger partial charge in [-0.3, -0.25) is 28.9 Å². The Kier molecular flexibility index (Phi) is 8.34. The molecule has 2 aliphatic heterocycles. The fourth-order valence-electron chi connectivity index (χ4n) is 7.96. The summed E-state index contributed by atoms with van der Waals surface area (Å²) in [6.07, 6.45) is 4.95. The molecule has 7 rings (SSSR count). The number of hydrogen-bond acceptors (Lipinski definition) is 8. The molecule has 1 N–H and O–H groups in total. The zero-order valence-corrected chi connectivity index (χ0v) is 29.1. The molecular formula is C38H31Cl2FN2O8. The van der Waals surface area contributed by atoms with Gasteiger partial charge in [-0.1, -0.05) is 23.8 Å². The summed E-state index contributed by atoms with van der Waals surface area (Å²) in [7, 11) is 2.75. The van der Waals surface area contributed by atoms with Gasteiger partial charge >= 0.3 is 0 Å². The lowest BCUT2D eigenvalue weighted by Crippen LogP contribution is -2.60. The van der Waals surface area contributed by atoms with Crippen molar-refractivity contribution in [3.05, 3.63) is 95.3 Å². The quantitative estimate of drug-likeness (QED) is 0.134. The number of anilines is 2. The maximum Gasteiger partial charge on any atom is 0.258 e. The van der Waals surface area contributed by atoms with Crippen LogP contribution in [0.1, 0.15) is 35.7 Å². The number of imide groups is 2. The number of halogens is 3. The highest BCUT2D eigenvalue weighted by atomic mass is 35.5. The molecule has 262 valence electrons. The van der Waals surface area contributed by atoms with Crippen LogP contribution >= 0.6 is 23.2 Å². The van der Waals surface area contributed by atoms with Gasteiger partial charge in [-0.05, 0) is 91.9 Å². The van der Waals surface area contributed by atoms with Gasteiger partial charge in [0.25, 0.3) is 11.8 Å². The van der Waals surface area contributed by atoms with E-state index in [0.29, 0.717) is 22.4 Å². The number of allylic oxidation sites excluding steroid dienone is 3. The Morgan fingerprint density at radius 3 is 2.06 bits per heavy atom. The van der Waals surface area contributed by atoms with Crippen molar-refractivity contribution in [3.8, 4) is 17.2 Å². The van der Waals surface area contributed by atoms with Gasteiger partial charge in [0.05, 0.1) is 37.4 Å². The van der Waals surface area contributed by atoms with Crippen LogP contribution in [-0.2, 0) is 19.2 Å². The van der Waals surface area contributed by atoms with Gasteiger partial charge in [0.15, 0.2) is 27.0 Å². The number of benzene rings is 3. The first kappa shape index (κ1) is 34.4. The van der Waals surface area contributed by atoms with E-state index in [1.807, 2.05) is 0 Å². The Balaban J connectivity index is 1.35. The van der Waals surface area contributed by atoms with Crippen LogP contribution in [0.5, 0.6) is 17.2 Å². The number of rotatable bonds is 7. The summed E-state index contributed by atoms with van der Waals surface area (Å²) in [6, 6.07) is 14.0. The van der Waals surface area contributed by atoms with Crippen molar-refractivity contribution in [3.63, 3.8) is 0 Å². The number of fused-ring (bicyclic) bond motifs is 4. The number of hydrogen-bond donors (Lipinski definition) is 1. The monoisotopic (exact) mass is 732 g/mol. The van der Waals surface area contributed by atoms with Crippen LogP contribution in [-0.4, -0.2) is 58.5 Å². The van der Waals surface area contributed by atoms with Crippen molar-refractivity contribution >= 4 is 70.1 Å². The van der Waals surface area contributed by atoms with Gasteiger partial charge in [-0.2, -0.15) is 0 Å². The van der Waals surface area contributed by atoms with Crippen molar-refractivity contribution in [2.45, 2.75) is 29.5 Å². The predicted octanol–water partition coefficient (Wildman–Crippen LogP) is 6.06. The third-order valence-corrected chi connectivity index (χ3v) is 11.9. The van der Waals surface area contributed by atoms with Gasteiger partial charge in [0, 0.05) is 11.5 Å². The molecule has 4 amide bonds. The van der Waals surface area contributed by atoms with Crippen LogP contribution in [0.15, 0.2) is 78.4 Å². The molecule has 0 bridgehead atoms. The smallest absolute Gasteiger partial charge is 0.258 e. The van der Waals surface area contributed by atoms with Gasteiger partial charge < -0.3 is 14.6 Å². The Hall–Kier alpha value is -5.00. The molecule has 0 aromatic heterocycles. The van der Waals surface area contributed by atoms with Crippen molar-refractivity contribution < 1.29 is 42.9 Å². The third-order valence-electron chi connectivity index (χ3n) is 10.5. The second-order valence-electron chi connectivity index (χ2n) is 13.0. The molecule has 6 unspecified atom stereocenters. The molecule has 3 aromatic carbocycles. The molecule has 0 spiro atoms. The number of ketones is 1. The minimum atomic E-state index is -2.11. The molecular weight excluding hydrogens is 702 g/mol. The molecule has 6 atom stereocenters. The van der Waals surface area contributed by atoms with Crippen molar-refractivity contribution in [2.75, 3.05) is 24.0 Å². The Bertz CT molecular complexity index is 2060. The summed E-state index contributed by atoms with van der Waals surface area (Å²) in [4.78, 5) is 66.6. The molecule has 1 saturated carbocycles. The summed E-state index contributed by atoms with van der Waals surface area (Å²) in [5.41, 5.74) is 1.84. The summed E-state index contributed by atoms with van der Waals surface area (Å²) in [5, 5.41) is 10.5. The van der Waals surface area contributed by atoms with E-state index in [1.165, 1.54) is 57.5 Å². The normalized spacial score (nSPS) is 28.5. The number of nitrogens with zero attached hydrogens (tertiary/aromatic N) is 2. The highest BCUT2D eigenvalue weighted by Gasteiger charge is 2.76. The zero-order valence-electron chi connectivity index (χ0n) is 27.6. The molecule has 3 aromatic rings. The van der Waals surface area contributed by atoms with E-state index in [2.05, 4.69) is 0 Å². The Labute approximate surface area is 302 Å². The van der Waals surface area contributed by atoms with Crippen LogP contribution in [0.3, 0.4) is 0 Å². The number of alkyl halides is 2. The molecule has 4 aliphatic rings. The highest BCUT2D eigenvalue weighted by molar-refractivity contribution is 6.58. The minimum absolute atomic E-state index is 0.0683. The molecule has 10 nitrogen and oxygen atoms in total. The zero-order chi connectivity index (χ0) is 36.6. The molecule has 2 saturated heterocycles.